The second-order valence-electron chi connectivity index (χ2n) is 11.0. The molecule has 0 bridgehead atoms. The SMILES string of the molecule is CON=C(C(=O)NC1C(=O)N2CC(SCC3CCCCO3)(C(=O)O)C(COC(=O)C(C)(C)C)S[C@H]12)c1csc(N)n1. The van der Waals surface area contributed by atoms with Gasteiger partial charge in [0, 0.05) is 24.3 Å². The Morgan fingerprint density at radius 2 is 2.12 bits per heavy atom. The van der Waals surface area contributed by atoms with Crippen molar-refractivity contribution in [2.45, 2.75) is 67.6 Å². The third kappa shape index (κ3) is 6.75. The Balaban J connectivity index is 1.54. The van der Waals surface area contributed by atoms with Crippen LogP contribution in [0.4, 0.5) is 5.13 Å². The van der Waals surface area contributed by atoms with Crippen LogP contribution in [0.1, 0.15) is 45.7 Å². The fourth-order valence-corrected chi connectivity index (χ4v) is 8.46. The van der Waals surface area contributed by atoms with Gasteiger partial charge in [-0.15, -0.1) is 34.9 Å². The average molecular weight is 630 g/mol. The molecule has 0 saturated carbocycles. The standard InChI is InChI=1S/C25H35N5O8S3/c1-24(2,3)22(35)38-9-15-25(21(33)34,40-10-13-7-5-6-8-37-13)12-30-19(32)17(20(30)41-15)28-18(31)16(29-36-4)14-11-39-23(26)27-14/h11,13,15,17,20H,5-10,12H2,1-4H3,(H2,26,27)(H,28,31)(H,33,34)/t13?,15?,17?,20-,25?/m1/s1. The summed E-state index contributed by atoms with van der Waals surface area (Å²) in [5.41, 5.74) is 4.97. The lowest BCUT2D eigenvalue weighted by molar-refractivity contribution is -0.157. The highest BCUT2D eigenvalue weighted by molar-refractivity contribution is 8.05. The fraction of sp³-hybridized carbons (Fsp3) is 0.680. The number of anilines is 1. The molecule has 0 aromatic carbocycles. The first-order chi connectivity index (χ1) is 19.4. The van der Waals surface area contributed by atoms with Crippen molar-refractivity contribution in [2.75, 3.05) is 38.4 Å². The first-order valence-electron chi connectivity index (χ1n) is 13.1. The zero-order valence-corrected chi connectivity index (χ0v) is 25.7. The lowest BCUT2D eigenvalue weighted by Gasteiger charge is -2.56. The number of esters is 1. The van der Waals surface area contributed by atoms with Crippen molar-refractivity contribution in [3.05, 3.63) is 11.1 Å². The summed E-state index contributed by atoms with van der Waals surface area (Å²) in [6, 6.07) is -0.954. The molecular formula is C25H35N5O8S3. The molecule has 13 nitrogen and oxygen atoms in total. The molecule has 1 aromatic heterocycles. The summed E-state index contributed by atoms with van der Waals surface area (Å²) >= 11 is 3.55. The van der Waals surface area contributed by atoms with E-state index in [2.05, 4.69) is 15.5 Å². The molecule has 3 aliphatic rings. The Morgan fingerprint density at radius 1 is 1.37 bits per heavy atom. The van der Waals surface area contributed by atoms with Crippen LogP contribution >= 0.6 is 34.9 Å². The minimum atomic E-state index is -1.45. The van der Waals surface area contributed by atoms with Crippen molar-refractivity contribution < 1.29 is 38.6 Å². The highest BCUT2D eigenvalue weighted by Crippen LogP contribution is 2.49. The van der Waals surface area contributed by atoms with Crippen LogP contribution in [-0.2, 0) is 33.5 Å². The highest BCUT2D eigenvalue weighted by atomic mass is 32.2. The van der Waals surface area contributed by atoms with Gasteiger partial charge in [0.25, 0.3) is 5.91 Å². The topological polar surface area (TPSA) is 183 Å². The first kappa shape index (κ1) is 31.4. The zero-order valence-electron chi connectivity index (χ0n) is 23.3. The second-order valence-corrected chi connectivity index (χ2v) is 14.5. The quantitative estimate of drug-likeness (QED) is 0.147. The van der Waals surface area contributed by atoms with E-state index in [-0.39, 0.29) is 35.8 Å². The molecule has 1 aromatic rings. The van der Waals surface area contributed by atoms with E-state index in [1.54, 1.807) is 26.2 Å². The molecule has 2 amide bonds. The normalized spacial score (nSPS) is 28.3. The highest BCUT2D eigenvalue weighted by Gasteiger charge is 2.62. The van der Waals surface area contributed by atoms with Crippen LogP contribution in [0, 0.1) is 5.41 Å². The number of nitrogen functional groups attached to an aromatic ring is 1. The number of thioether (sulfide) groups is 2. The van der Waals surface area contributed by atoms with E-state index in [0.717, 1.165) is 30.6 Å². The number of hydrogen-bond acceptors (Lipinski definition) is 13. The fourth-order valence-electron chi connectivity index (χ4n) is 4.64. The predicted octanol–water partition coefficient (Wildman–Crippen LogP) is 1.56. The number of aliphatic carboxylic acids is 1. The van der Waals surface area contributed by atoms with Crippen LogP contribution < -0.4 is 11.1 Å². The molecule has 41 heavy (non-hydrogen) atoms. The van der Waals surface area contributed by atoms with Crippen LogP contribution in [0.5, 0.6) is 0 Å². The molecule has 3 saturated heterocycles. The molecule has 3 aliphatic heterocycles. The smallest absolute Gasteiger partial charge is 0.322 e. The summed E-state index contributed by atoms with van der Waals surface area (Å²) in [6.07, 6.45) is 2.70. The van der Waals surface area contributed by atoms with E-state index in [0.29, 0.717) is 12.4 Å². The molecule has 5 atom stereocenters. The molecular weight excluding hydrogens is 595 g/mol. The molecule has 0 radical (unpaired) electrons. The van der Waals surface area contributed by atoms with E-state index in [4.69, 9.17) is 20.0 Å². The Bertz CT molecular complexity index is 1200. The number of rotatable bonds is 10. The monoisotopic (exact) mass is 629 g/mol. The molecule has 16 heteroatoms. The van der Waals surface area contributed by atoms with Crippen molar-refractivity contribution in [2.24, 2.45) is 10.6 Å². The number of fused-ring (bicyclic) bond motifs is 1. The van der Waals surface area contributed by atoms with Gasteiger partial charge in [-0.25, -0.2) is 4.98 Å². The number of aromatic nitrogens is 1. The maximum Gasteiger partial charge on any atom is 0.322 e. The van der Waals surface area contributed by atoms with Crippen LogP contribution in [0.2, 0.25) is 0 Å². The Labute approximate surface area is 250 Å². The van der Waals surface area contributed by atoms with Gasteiger partial charge in [0.1, 0.15) is 35.6 Å². The van der Waals surface area contributed by atoms with Gasteiger partial charge in [-0.05, 0) is 40.0 Å². The van der Waals surface area contributed by atoms with Gasteiger partial charge >= 0.3 is 11.9 Å². The first-order valence-corrected chi connectivity index (χ1v) is 15.9. The molecule has 4 heterocycles. The number of nitrogens with two attached hydrogens (primary N) is 1. The minimum absolute atomic E-state index is 0.0946. The summed E-state index contributed by atoms with van der Waals surface area (Å²) in [5.74, 6) is -2.24. The molecule has 226 valence electrons. The van der Waals surface area contributed by atoms with Gasteiger partial charge in [-0.3, -0.25) is 19.2 Å². The molecule has 3 fully saturated rings. The number of nitrogens with zero attached hydrogens (tertiary/aromatic N) is 3. The summed E-state index contributed by atoms with van der Waals surface area (Å²) in [6.45, 7) is 5.51. The van der Waals surface area contributed by atoms with Gasteiger partial charge in [0.15, 0.2) is 10.8 Å². The molecule has 4 unspecified atom stereocenters. The number of carboxylic acids is 1. The lowest BCUT2D eigenvalue weighted by atomic mass is 9.96. The van der Waals surface area contributed by atoms with E-state index < -0.39 is 50.6 Å². The number of amides is 2. The van der Waals surface area contributed by atoms with Crippen LogP contribution in [0.25, 0.3) is 0 Å². The molecule has 0 spiro atoms. The number of nitrogens with one attached hydrogen (secondary N) is 1. The zero-order chi connectivity index (χ0) is 29.9. The number of oxime groups is 1. The van der Waals surface area contributed by atoms with Crippen molar-refractivity contribution >= 4 is 69.5 Å². The number of carbonyl (C=O) groups is 4. The number of thiazole rings is 1. The number of ether oxygens (including phenoxy) is 2. The van der Waals surface area contributed by atoms with Gasteiger partial charge in [-0.2, -0.15) is 0 Å². The molecule has 4 N–H and O–H groups in total. The van der Waals surface area contributed by atoms with Crippen molar-refractivity contribution in [1.29, 1.82) is 0 Å². The Kier molecular flexibility index (Phi) is 9.76. The Morgan fingerprint density at radius 3 is 2.71 bits per heavy atom. The number of carboxylic acid groups (broad SMARTS) is 1. The molecule has 0 aliphatic carbocycles. The summed E-state index contributed by atoms with van der Waals surface area (Å²) in [7, 11) is 1.28. The lowest BCUT2D eigenvalue weighted by Crippen LogP contribution is -2.76. The van der Waals surface area contributed by atoms with E-state index in [1.165, 1.54) is 35.5 Å². The van der Waals surface area contributed by atoms with Crippen molar-refractivity contribution in [1.82, 2.24) is 15.2 Å². The maximum atomic E-state index is 13.3. The third-order valence-electron chi connectivity index (χ3n) is 6.96. The van der Waals surface area contributed by atoms with E-state index in [1.807, 2.05) is 0 Å². The minimum Gasteiger partial charge on any atom is -0.480 e. The third-order valence-corrected chi connectivity index (χ3v) is 11.1. The largest absolute Gasteiger partial charge is 0.480 e. The average Bonchev–Trinajstić information content (AvgIpc) is 3.37. The molecule has 4 rings (SSSR count). The number of hydrogen-bond donors (Lipinski definition) is 3. The van der Waals surface area contributed by atoms with Crippen LogP contribution in [-0.4, -0.2) is 105 Å². The second kappa shape index (κ2) is 12.8. The van der Waals surface area contributed by atoms with Gasteiger partial charge in [0.05, 0.1) is 16.8 Å². The summed E-state index contributed by atoms with van der Waals surface area (Å²) in [4.78, 5) is 62.2. The number of β-lactam (4-membered cyclic amide) rings is 1. The van der Waals surface area contributed by atoms with Gasteiger partial charge in [0.2, 0.25) is 5.91 Å². The maximum absolute atomic E-state index is 13.3. The van der Waals surface area contributed by atoms with Crippen LogP contribution in [0.3, 0.4) is 0 Å². The van der Waals surface area contributed by atoms with Gasteiger partial charge < -0.3 is 35.4 Å². The summed E-state index contributed by atoms with van der Waals surface area (Å²) < 4.78 is 9.99. The number of carbonyl (C=O) groups excluding carboxylic acids is 3. The predicted molar refractivity (Wildman–Crippen MR) is 156 cm³/mol. The van der Waals surface area contributed by atoms with Crippen molar-refractivity contribution in [3.63, 3.8) is 0 Å². The Hall–Kier alpha value is -2.56. The van der Waals surface area contributed by atoms with Crippen molar-refractivity contribution in [3.8, 4) is 0 Å². The summed E-state index contributed by atoms with van der Waals surface area (Å²) in [5, 5.41) is 17.5. The van der Waals surface area contributed by atoms with E-state index >= 15 is 0 Å². The van der Waals surface area contributed by atoms with Gasteiger partial charge in [-0.1, -0.05) is 5.16 Å². The van der Waals surface area contributed by atoms with E-state index in [9.17, 15) is 24.3 Å². The van der Waals surface area contributed by atoms with Crippen LogP contribution in [0.15, 0.2) is 10.5 Å².